The van der Waals surface area contributed by atoms with Gasteiger partial charge in [0.05, 0.1) is 24.0 Å². The SMILES string of the molecule is Cc1nn(Cc2ccccc2)c(C)c1C(=O)NCc1cnn(C)c1C(=O)O. The van der Waals surface area contributed by atoms with E-state index in [1.165, 1.54) is 10.9 Å². The summed E-state index contributed by atoms with van der Waals surface area (Å²) < 4.78 is 3.07. The molecule has 0 saturated heterocycles. The van der Waals surface area contributed by atoms with E-state index in [2.05, 4.69) is 15.5 Å². The summed E-state index contributed by atoms with van der Waals surface area (Å²) in [5, 5.41) is 20.5. The summed E-state index contributed by atoms with van der Waals surface area (Å²) in [6, 6.07) is 9.89. The second-order valence-corrected chi connectivity index (χ2v) is 6.32. The van der Waals surface area contributed by atoms with Gasteiger partial charge < -0.3 is 10.4 Å². The zero-order chi connectivity index (χ0) is 19.6. The predicted octanol–water partition coefficient (Wildman–Crippen LogP) is 1.91. The van der Waals surface area contributed by atoms with Gasteiger partial charge in [0.15, 0.2) is 5.69 Å². The number of aromatic nitrogens is 4. The van der Waals surface area contributed by atoms with Crippen molar-refractivity contribution in [2.75, 3.05) is 0 Å². The van der Waals surface area contributed by atoms with Crippen LogP contribution in [0.25, 0.3) is 0 Å². The Hall–Kier alpha value is -3.42. The molecule has 0 aliphatic heterocycles. The molecular weight excluding hydrogens is 346 g/mol. The number of benzene rings is 1. The summed E-state index contributed by atoms with van der Waals surface area (Å²) in [7, 11) is 1.55. The number of nitrogens with zero attached hydrogens (tertiary/aromatic N) is 4. The minimum Gasteiger partial charge on any atom is -0.477 e. The van der Waals surface area contributed by atoms with E-state index in [-0.39, 0.29) is 18.1 Å². The molecule has 0 atom stereocenters. The van der Waals surface area contributed by atoms with Gasteiger partial charge in [0.25, 0.3) is 5.91 Å². The Balaban J connectivity index is 1.77. The van der Waals surface area contributed by atoms with Crippen molar-refractivity contribution >= 4 is 11.9 Å². The fourth-order valence-corrected chi connectivity index (χ4v) is 3.09. The number of aromatic carboxylic acids is 1. The van der Waals surface area contributed by atoms with Gasteiger partial charge in [-0.1, -0.05) is 30.3 Å². The molecule has 0 unspecified atom stereocenters. The number of carboxylic acids is 1. The van der Waals surface area contributed by atoms with Gasteiger partial charge in [0.1, 0.15) is 0 Å². The zero-order valence-electron chi connectivity index (χ0n) is 15.4. The number of rotatable bonds is 6. The van der Waals surface area contributed by atoms with E-state index < -0.39 is 5.97 Å². The van der Waals surface area contributed by atoms with Crippen LogP contribution in [0.3, 0.4) is 0 Å². The average molecular weight is 367 g/mol. The number of hydrogen-bond donors (Lipinski definition) is 2. The van der Waals surface area contributed by atoms with Crippen LogP contribution in [0.15, 0.2) is 36.5 Å². The van der Waals surface area contributed by atoms with E-state index in [0.717, 1.165) is 11.3 Å². The van der Waals surface area contributed by atoms with Crippen molar-refractivity contribution in [3.05, 3.63) is 70.3 Å². The number of carbonyl (C=O) groups excluding carboxylic acids is 1. The van der Waals surface area contributed by atoms with Crippen LogP contribution in [-0.4, -0.2) is 36.5 Å². The summed E-state index contributed by atoms with van der Waals surface area (Å²) in [6.45, 7) is 4.30. The molecule has 2 aromatic heterocycles. The third kappa shape index (κ3) is 3.74. The Morgan fingerprint density at radius 2 is 1.89 bits per heavy atom. The highest BCUT2D eigenvalue weighted by molar-refractivity contribution is 5.96. The predicted molar refractivity (Wildman–Crippen MR) is 98.6 cm³/mol. The van der Waals surface area contributed by atoms with Gasteiger partial charge in [0, 0.05) is 24.8 Å². The second kappa shape index (κ2) is 7.45. The second-order valence-electron chi connectivity index (χ2n) is 6.32. The Kier molecular flexibility index (Phi) is 5.07. The third-order valence-corrected chi connectivity index (χ3v) is 4.44. The van der Waals surface area contributed by atoms with Crippen molar-refractivity contribution in [2.24, 2.45) is 7.05 Å². The van der Waals surface area contributed by atoms with Crippen molar-refractivity contribution < 1.29 is 14.7 Å². The summed E-state index contributed by atoms with van der Waals surface area (Å²) in [4.78, 5) is 24.0. The molecule has 2 N–H and O–H groups in total. The molecule has 1 aromatic carbocycles. The van der Waals surface area contributed by atoms with E-state index in [1.807, 2.05) is 37.3 Å². The van der Waals surface area contributed by atoms with Gasteiger partial charge in [-0.3, -0.25) is 14.2 Å². The van der Waals surface area contributed by atoms with Crippen LogP contribution in [0.4, 0.5) is 0 Å². The molecule has 3 rings (SSSR count). The fourth-order valence-electron chi connectivity index (χ4n) is 3.09. The van der Waals surface area contributed by atoms with Crippen molar-refractivity contribution in [3.63, 3.8) is 0 Å². The maximum atomic E-state index is 12.7. The number of carbonyl (C=O) groups is 2. The van der Waals surface area contributed by atoms with E-state index in [9.17, 15) is 14.7 Å². The molecule has 0 aliphatic carbocycles. The first-order valence-corrected chi connectivity index (χ1v) is 8.48. The molecule has 8 heteroatoms. The summed E-state index contributed by atoms with van der Waals surface area (Å²) in [6.07, 6.45) is 1.45. The Morgan fingerprint density at radius 3 is 2.56 bits per heavy atom. The lowest BCUT2D eigenvalue weighted by molar-refractivity contribution is 0.0682. The molecule has 8 nitrogen and oxygen atoms in total. The number of carboxylic acid groups (broad SMARTS) is 1. The van der Waals surface area contributed by atoms with E-state index in [0.29, 0.717) is 23.4 Å². The van der Waals surface area contributed by atoms with Gasteiger partial charge in [-0.05, 0) is 19.4 Å². The molecule has 2 heterocycles. The highest BCUT2D eigenvalue weighted by Crippen LogP contribution is 2.15. The quantitative estimate of drug-likeness (QED) is 0.693. The largest absolute Gasteiger partial charge is 0.477 e. The number of nitrogens with one attached hydrogen (secondary N) is 1. The lowest BCUT2D eigenvalue weighted by Crippen LogP contribution is -2.25. The van der Waals surface area contributed by atoms with Gasteiger partial charge in [-0.15, -0.1) is 0 Å². The average Bonchev–Trinajstić information content (AvgIpc) is 3.13. The first-order valence-electron chi connectivity index (χ1n) is 8.48. The van der Waals surface area contributed by atoms with E-state index in [4.69, 9.17) is 0 Å². The highest BCUT2D eigenvalue weighted by Gasteiger charge is 2.21. The number of hydrogen-bond acceptors (Lipinski definition) is 4. The zero-order valence-corrected chi connectivity index (χ0v) is 15.4. The topological polar surface area (TPSA) is 102 Å². The number of amides is 1. The van der Waals surface area contributed by atoms with Crippen molar-refractivity contribution in [1.29, 1.82) is 0 Å². The van der Waals surface area contributed by atoms with E-state index >= 15 is 0 Å². The smallest absolute Gasteiger partial charge is 0.354 e. The lowest BCUT2D eigenvalue weighted by Gasteiger charge is -2.07. The maximum Gasteiger partial charge on any atom is 0.354 e. The summed E-state index contributed by atoms with van der Waals surface area (Å²) in [5.41, 5.74) is 3.50. The Bertz CT molecular complexity index is 988. The standard InChI is InChI=1S/C19H21N5O3/c1-12-16(13(2)24(22-12)11-14-7-5-4-6-8-14)18(25)20-9-15-10-21-23(3)17(15)19(26)27/h4-8,10H,9,11H2,1-3H3,(H,20,25)(H,26,27). The normalized spacial score (nSPS) is 10.8. The number of aryl methyl sites for hydroxylation is 2. The first-order chi connectivity index (χ1) is 12.9. The van der Waals surface area contributed by atoms with E-state index in [1.54, 1.807) is 18.7 Å². The summed E-state index contributed by atoms with van der Waals surface area (Å²) >= 11 is 0. The monoisotopic (exact) mass is 367 g/mol. The molecule has 27 heavy (non-hydrogen) atoms. The molecule has 0 spiro atoms. The minimum absolute atomic E-state index is 0.0588. The fraction of sp³-hybridized carbons (Fsp3) is 0.263. The molecular formula is C19H21N5O3. The van der Waals surface area contributed by atoms with Crippen LogP contribution in [0.2, 0.25) is 0 Å². The van der Waals surface area contributed by atoms with Gasteiger partial charge >= 0.3 is 5.97 Å². The molecule has 0 saturated carbocycles. The Labute approximate surface area is 156 Å². The lowest BCUT2D eigenvalue weighted by atomic mass is 10.1. The molecule has 140 valence electrons. The maximum absolute atomic E-state index is 12.7. The first kappa shape index (κ1) is 18.4. The minimum atomic E-state index is -1.08. The van der Waals surface area contributed by atoms with Crippen molar-refractivity contribution in [2.45, 2.75) is 26.9 Å². The van der Waals surface area contributed by atoms with Crippen LogP contribution in [0, 0.1) is 13.8 Å². The van der Waals surface area contributed by atoms with Crippen molar-refractivity contribution in [1.82, 2.24) is 24.9 Å². The molecule has 1 amide bonds. The van der Waals surface area contributed by atoms with Crippen LogP contribution >= 0.6 is 0 Å². The molecule has 3 aromatic rings. The third-order valence-electron chi connectivity index (χ3n) is 4.44. The van der Waals surface area contributed by atoms with Crippen LogP contribution in [0.1, 0.15) is 43.4 Å². The van der Waals surface area contributed by atoms with Gasteiger partial charge in [-0.2, -0.15) is 10.2 Å². The van der Waals surface area contributed by atoms with Crippen LogP contribution in [0.5, 0.6) is 0 Å². The molecule has 0 bridgehead atoms. The molecule has 0 radical (unpaired) electrons. The van der Waals surface area contributed by atoms with Crippen LogP contribution < -0.4 is 5.32 Å². The van der Waals surface area contributed by atoms with Crippen molar-refractivity contribution in [3.8, 4) is 0 Å². The van der Waals surface area contributed by atoms with Gasteiger partial charge in [-0.25, -0.2) is 4.79 Å². The summed E-state index contributed by atoms with van der Waals surface area (Å²) in [5.74, 6) is -1.37. The highest BCUT2D eigenvalue weighted by atomic mass is 16.4. The van der Waals surface area contributed by atoms with Gasteiger partial charge in [0.2, 0.25) is 0 Å². The Morgan fingerprint density at radius 1 is 1.19 bits per heavy atom. The molecule has 0 fully saturated rings. The van der Waals surface area contributed by atoms with Crippen LogP contribution in [-0.2, 0) is 20.1 Å². The molecule has 0 aliphatic rings.